The number of quaternary nitrogens is 1. The van der Waals surface area contributed by atoms with Gasteiger partial charge in [-0.1, -0.05) is 90.9 Å². The number of carbonyl (C=O) groups is 2. The molecule has 2 aromatic rings. The Kier molecular flexibility index (Phi) is 15.4. The van der Waals surface area contributed by atoms with Gasteiger partial charge in [0.1, 0.15) is 23.8 Å². The van der Waals surface area contributed by atoms with Crippen LogP contribution in [-0.4, -0.2) is 57.5 Å². The highest BCUT2D eigenvalue weighted by Gasteiger charge is 2.36. The standard InChI is InChI=1S/C39H60NO5/c1-7-9-11-13-15-17-19-21-23-40(3,24-22-20-18-16-14-12-10-8-2)29-30-25-32-36(34(26-30)44-5)39(42)37-33(38(32)41)27-31(43-4)28-35(37)45-6/h25-28H,7-24,29H2,1-6H3/q+1. The van der Waals surface area contributed by atoms with E-state index in [0.717, 1.165) is 29.7 Å². The molecule has 1 aliphatic rings. The van der Waals surface area contributed by atoms with Gasteiger partial charge in [-0.05, 0) is 43.9 Å². The fraction of sp³-hybridized carbons (Fsp3) is 0.641. The van der Waals surface area contributed by atoms with E-state index >= 15 is 0 Å². The smallest absolute Gasteiger partial charge is 0.201 e. The van der Waals surface area contributed by atoms with Crippen molar-refractivity contribution in [3.63, 3.8) is 0 Å². The van der Waals surface area contributed by atoms with E-state index in [1.165, 1.54) is 110 Å². The first-order valence-electron chi connectivity index (χ1n) is 17.7. The average Bonchev–Trinajstić information content (AvgIpc) is 3.04. The van der Waals surface area contributed by atoms with Crippen molar-refractivity contribution in [2.75, 3.05) is 41.5 Å². The summed E-state index contributed by atoms with van der Waals surface area (Å²) in [7, 11) is 6.99. The summed E-state index contributed by atoms with van der Waals surface area (Å²) in [5.41, 5.74) is 2.35. The summed E-state index contributed by atoms with van der Waals surface area (Å²) in [5.74, 6) is 0.822. The van der Waals surface area contributed by atoms with Gasteiger partial charge in [0, 0.05) is 22.8 Å². The second kappa shape index (κ2) is 19.0. The third kappa shape index (κ3) is 10.3. The number of fused-ring (bicyclic) bond motifs is 2. The Balaban J connectivity index is 1.79. The highest BCUT2D eigenvalue weighted by molar-refractivity contribution is 6.30. The van der Waals surface area contributed by atoms with Crippen LogP contribution in [0.2, 0.25) is 0 Å². The van der Waals surface area contributed by atoms with Gasteiger partial charge in [-0.25, -0.2) is 0 Å². The average molecular weight is 623 g/mol. The maximum absolute atomic E-state index is 13.9. The summed E-state index contributed by atoms with van der Waals surface area (Å²) < 4.78 is 17.6. The molecule has 1 aliphatic carbocycles. The second-order valence-corrected chi connectivity index (χ2v) is 13.3. The topological polar surface area (TPSA) is 61.8 Å². The fourth-order valence-corrected chi connectivity index (χ4v) is 6.86. The van der Waals surface area contributed by atoms with Crippen LogP contribution in [0.25, 0.3) is 0 Å². The Bertz CT molecular complexity index is 1220. The van der Waals surface area contributed by atoms with Crippen molar-refractivity contribution < 1.29 is 28.3 Å². The first kappa shape index (κ1) is 36.6. The van der Waals surface area contributed by atoms with E-state index < -0.39 is 0 Å². The summed E-state index contributed by atoms with van der Waals surface area (Å²) in [6.45, 7) is 7.55. The van der Waals surface area contributed by atoms with Crippen LogP contribution < -0.4 is 14.2 Å². The second-order valence-electron chi connectivity index (χ2n) is 13.3. The lowest BCUT2D eigenvalue weighted by molar-refractivity contribution is -0.923. The van der Waals surface area contributed by atoms with Crippen molar-refractivity contribution >= 4 is 11.6 Å². The molecule has 6 heteroatoms. The molecule has 0 saturated heterocycles. The lowest BCUT2D eigenvalue weighted by Crippen LogP contribution is -2.45. The number of methoxy groups -OCH3 is 3. The van der Waals surface area contributed by atoms with Gasteiger partial charge < -0.3 is 18.7 Å². The molecule has 250 valence electrons. The van der Waals surface area contributed by atoms with E-state index in [1.807, 2.05) is 12.1 Å². The third-order valence-corrected chi connectivity index (χ3v) is 9.52. The zero-order valence-corrected chi connectivity index (χ0v) is 29.2. The van der Waals surface area contributed by atoms with Crippen LogP contribution in [0.3, 0.4) is 0 Å². The zero-order valence-electron chi connectivity index (χ0n) is 29.2. The molecule has 45 heavy (non-hydrogen) atoms. The summed E-state index contributed by atoms with van der Waals surface area (Å²) in [4.78, 5) is 27.8. The van der Waals surface area contributed by atoms with Crippen molar-refractivity contribution in [2.24, 2.45) is 0 Å². The molecule has 0 amide bonds. The Morgan fingerprint density at radius 2 is 0.978 bits per heavy atom. The molecule has 0 atom stereocenters. The van der Waals surface area contributed by atoms with E-state index in [4.69, 9.17) is 14.2 Å². The third-order valence-electron chi connectivity index (χ3n) is 9.52. The van der Waals surface area contributed by atoms with Crippen molar-refractivity contribution in [3.05, 3.63) is 52.1 Å². The Morgan fingerprint density at radius 3 is 1.44 bits per heavy atom. The molecule has 2 aromatic carbocycles. The van der Waals surface area contributed by atoms with Crippen LogP contribution in [0, 0.1) is 0 Å². The molecule has 0 aliphatic heterocycles. The maximum Gasteiger partial charge on any atom is 0.201 e. The van der Waals surface area contributed by atoms with Crippen molar-refractivity contribution in [1.29, 1.82) is 0 Å². The highest BCUT2D eigenvalue weighted by atomic mass is 16.5. The minimum atomic E-state index is -0.252. The van der Waals surface area contributed by atoms with Gasteiger partial charge >= 0.3 is 0 Å². The van der Waals surface area contributed by atoms with E-state index in [9.17, 15) is 9.59 Å². The first-order chi connectivity index (χ1) is 21.8. The van der Waals surface area contributed by atoms with Gasteiger partial charge in [-0.15, -0.1) is 0 Å². The van der Waals surface area contributed by atoms with Crippen LogP contribution in [0.4, 0.5) is 0 Å². The Morgan fingerprint density at radius 1 is 0.533 bits per heavy atom. The summed E-state index contributed by atoms with van der Waals surface area (Å²) in [6, 6.07) is 7.20. The first-order valence-corrected chi connectivity index (χ1v) is 17.7. The largest absolute Gasteiger partial charge is 0.497 e. The molecular weight excluding hydrogens is 562 g/mol. The monoisotopic (exact) mass is 622 g/mol. The van der Waals surface area contributed by atoms with Crippen molar-refractivity contribution in [2.45, 2.75) is 123 Å². The number of carbonyl (C=O) groups excluding carboxylic acids is 2. The van der Waals surface area contributed by atoms with Gasteiger partial charge in [0.25, 0.3) is 0 Å². The molecule has 0 spiro atoms. The molecule has 0 aromatic heterocycles. The predicted molar refractivity (Wildman–Crippen MR) is 184 cm³/mol. The molecule has 0 unspecified atom stereocenters. The predicted octanol–water partition coefficient (Wildman–Crippen LogP) is 9.72. The number of hydrogen-bond acceptors (Lipinski definition) is 5. The summed E-state index contributed by atoms with van der Waals surface area (Å²) in [6.07, 6.45) is 20.9. The summed E-state index contributed by atoms with van der Waals surface area (Å²) >= 11 is 0. The van der Waals surface area contributed by atoms with Gasteiger partial charge in [0.2, 0.25) is 5.78 Å². The van der Waals surface area contributed by atoms with Gasteiger partial charge in [0.15, 0.2) is 5.78 Å². The molecule has 0 bridgehead atoms. The van der Waals surface area contributed by atoms with Crippen LogP contribution in [0.15, 0.2) is 24.3 Å². The van der Waals surface area contributed by atoms with Gasteiger partial charge in [0.05, 0.1) is 52.6 Å². The van der Waals surface area contributed by atoms with E-state index in [-0.39, 0.29) is 17.1 Å². The molecule has 0 saturated carbocycles. The summed E-state index contributed by atoms with van der Waals surface area (Å²) in [5, 5.41) is 0. The number of ether oxygens (including phenoxy) is 3. The number of hydrogen-bond donors (Lipinski definition) is 0. The molecule has 0 fully saturated rings. The van der Waals surface area contributed by atoms with Crippen LogP contribution in [0.5, 0.6) is 17.2 Å². The van der Waals surface area contributed by atoms with Crippen molar-refractivity contribution in [3.8, 4) is 17.2 Å². The molecular formula is C39H60NO5+. The normalized spacial score (nSPS) is 12.7. The molecule has 0 heterocycles. The number of benzene rings is 2. The Labute approximate surface area is 273 Å². The van der Waals surface area contributed by atoms with Crippen LogP contribution in [-0.2, 0) is 6.54 Å². The Hall–Kier alpha value is -2.86. The van der Waals surface area contributed by atoms with E-state index in [1.54, 1.807) is 26.4 Å². The minimum Gasteiger partial charge on any atom is -0.497 e. The van der Waals surface area contributed by atoms with Crippen LogP contribution in [0.1, 0.15) is 154 Å². The SMILES string of the molecule is CCCCCCCCCC[N+](C)(CCCCCCCCCC)Cc1cc(OC)c2c(c1)C(=O)c1cc(OC)cc(OC)c1C2=O. The van der Waals surface area contributed by atoms with E-state index in [2.05, 4.69) is 20.9 Å². The zero-order chi connectivity index (χ0) is 32.7. The lowest BCUT2D eigenvalue weighted by atomic mass is 9.82. The number of unbranched alkanes of at least 4 members (excludes halogenated alkanes) is 14. The lowest BCUT2D eigenvalue weighted by Gasteiger charge is -2.35. The highest BCUT2D eigenvalue weighted by Crippen LogP contribution is 2.40. The number of nitrogens with zero attached hydrogens (tertiary/aromatic N) is 1. The number of ketones is 2. The van der Waals surface area contributed by atoms with Gasteiger partial charge in [-0.3, -0.25) is 9.59 Å². The van der Waals surface area contributed by atoms with Crippen LogP contribution >= 0.6 is 0 Å². The fourth-order valence-electron chi connectivity index (χ4n) is 6.86. The molecule has 3 rings (SSSR count). The van der Waals surface area contributed by atoms with Crippen molar-refractivity contribution in [1.82, 2.24) is 0 Å². The van der Waals surface area contributed by atoms with Gasteiger partial charge in [-0.2, -0.15) is 0 Å². The molecule has 0 radical (unpaired) electrons. The number of rotatable bonds is 23. The molecule has 0 N–H and O–H groups in total. The maximum atomic E-state index is 13.9. The quantitative estimate of drug-likeness (QED) is 0.0778. The molecule has 6 nitrogen and oxygen atoms in total. The van der Waals surface area contributed by atoms with E-state index in [0.29, 0.717) is 33.9 Å². The minimum absolute atomic E-state index is 0.197.